The first-order valence-electron chi connectivity index (χ1n) is 4.59. The van der Waals surface area contributed by atoms with Crippen LogP contribution in [0.4, 0.5) is 0 Å². The van der Waals surface area contributed by atoms with Gasteiger partial charge in [-0.3, -0.25) is 4.79 Å². The molecule has 1 fully saturated rings. The number of carbonyl (C=O) groups excluding carboxylic acids is 1. The van der Waals surface area contributed by atoms with Crippen LogP contribution in [-0.2, 0) is 4.79 Å². The molecule has 0 aromatic heterocycles. The van der Waals surface area contributed by atoms with Gasteiger partial charge in [0.05, 0.1) is 6.04 Å². The van der Waals surface area contributed by atoms with E-state index in [4.69, 9.17) is 0 Å². The molecule has 1 N–H and O–H groups in total. The van der Waals surface area contributed by atoms with Gasteiger partial charge in [0.25, 0.3) is 0 Å². The van der Waals surface area contributed by atoms with Crippen molar-refractivity contribution in [3.63, 3.8) is 0 Å². The Labute approximate surface area is 74.1 Å². The minimum atomic E-state index is 0.0255. The van der Waals surface area contributed by atoms with Crippen LogP contribution < -0.4 is 5.32 Å². The number of hydrogen-bond donors (Lipinski definition) is 1. The molecule has 1 amide bonds. The van der Waals surface area contributed by atoms with Gasteiger partial charge < -0.3 is 10.2 Å². The molecule has 0 radical (unpaired) electrons. The lowest BCUT2D eigenvalue weighted by molar-refractivity contribution is -0.132. The third-order valence-corrected chi connectivity index (χ3v) is 2.68. The average molecular weight is 170 g/mol. The minimum Gasteiger partial charge on any atom is -0.344 e. The third-order valence-electron chi connectivity index (χ3n) is 2.68. The van der Waals surface area contributed by atoms with Gasteiger partial charge >= 0.3 is 0 Å². The Kier molecular flexibility index (Phi) is 3.09. The van der Waals surface area contributed by atoms with E-state index in [1.807, 2.05) is 19.0 Å². The molecule has 1 aliphatic rings. The Morgan fingerprint density at radius 2 is 2.25 bits per heavy atom. The van der Waals surface area contributed by atoms with Gasteiger partial charge in [0, 0.05) is 13.6 Å². The molecule has 0 spiro atoms. The third kappa shape index (κ3) is 1.78. The van der Waals surface area contributed by atoms with E-state index in [0.717, 1.165) is 19.4 Å². The zero-order valence-corrected chi connectivity index (χ0v) is 8.13. The monoisotopic (exact) mass is 170 g/mol. The molecule has 1 saturated heterocycles. The van der Waals surface area contributed by atoms with Gasteiger partial charge in [-0.05, 0) is 25.8 Å². The molecule has 3 heteroatoms. The molecule has 0 saturated carbocycles. The van der Waals surface area contributed by atoms with Gasteiger partial charge in [0.15, 0.2) is 0 Å². The highest BCUT2D eigenvalue weighted by molar-refractivity contribution is 5.82. The molecule has 2 unspecified atom stereocenters. The molecular weight excluding hydrogens is 152 g/mol. The largest absolute Gasteiger partial charge is 0.344 e. The highest BCUT2D eigenvalue weighted by Crippen LogP contribution is 2.16. The van der Waals surface area contributed by atoms with Crippen LogP contribution in [0.2, 0.25) is 0 Å². The van der Waals surface area contributed by atoms with Crippen molar-refractivity contribution in [2.45, 2.75) is 25.8 Å². The zero-order chi connectivity index (χ0) is 9.14. The van der Waals surface area contributed by atoms with Crippen molar-refractivity contribution >= 4 is 5.91 Å². The molecule has 1 rings (SSSR count). The van der Waals surface area contributed by atoms with Gasteiger partial charge in [-0.25, -0.2) is 0 Å². The molecule has 0 aromatic carbocycles. The van der Waals surface area contributed by atoms with Crippen LogP contribution in [0.1, 0.15) is 19.8 Å². The second-order valence-electron chi connectivity index (χ2n) is 3.65. The molecule has 70 valence electrons. The molecule has 12 heavy (non-hydrogen) atoms. The summed E-state index contributed by atoms with van der Waals surface area (Å²) in [5.41, 5.74) is 0. The number of hydrogen-bond acceptors (Lipinski definition) is 2. The summed E-state index contributed by atoms with van der Waals surface area (Å²) in [6.07, 6.45) is 2.27. The molecule has 0 aliphatic carbocycles. The normalized spacial score (nSPS) is 31.9. The Morgan fingerprint density at radius 3 is 2.83 bits per heavy atom. The minimum absolute atomic E-state index is 0.0255. The van der Waals surface area contributed by atoms with Crippen molar-refractivity contribution in [1.29, 1.82) is 0 Å². The summed E-state index contributed by atoms with van der Waals surface area (Å²) in [4.78, 5) is 13.5. The lowest BCUT2D eigenvalue weighted by atomic mass is 9.98. The van der Waals surface area contributed by atoms with Gasteiger partial charge in [0.2, 0.25) is 5.91 Å². The molecule has 2 atom stereocenters. The molecular formula is C9H18N2O. The number of amides is 1. The van der Waals surface area contributed by atoms with E-state index < -0.39 is 0 Å². The van der Waals surface area contributed by atoms with Gasteiger partial charge in [-0.1, -0.05) is 6.92 Å². The van der Waals surface area contributed by atoms with Crippen molar-refractivity contribution in [1.82, 2.24) is 10.2 Å². The van der Waals surface area contributed by atoms with Crippen molar-refractivity contribution in [3.05, 3.63) is 0 Å². The van der Waals surface area contributed by atoms with E-state index in [2.05, 4.69) is 12.2 Å². The van der Waals surface area contributed by atoms with Crippen LogP contribution in [0.5, 0.6) is 0 Å². The first-order chi connectivity index (χ1) is 5.66. The maximum atomic E-state index is 11.7. The lowest BCUT2D eigenvalue weighted by Gasteiger charge is -2.22. The van der Waals surface area contributed by atoms with Crippen molar-refractivity contribution < 1.29 is 4.79 Å². The maximum absolute atomic E-state index is 11.7. The van der Waals surface area contributed by atoms with E-state index >= 15 is 0 Å². The van der Waals surface area contributed by atoms with Crippen LogP contribution in [0.3, 0.4) is 0 Å². The number of likely N-dealkylation sites (N-methyl/N-ethyl adjacent to an activating group) is 2. The van der Waals surface area contributed by atoms with Crippen LogP contribution in [-0.4, -0.2) is 37.5 Å². The number of likely N-dealkylation sites (tertiary alicyclic amines) is 1. The second kappa shape index (κ2) is 3.90. The van der Waals surface area contributed by atoms with E-state index in [9.17, 15) is 4.79 Å². The molecule has 0 bridgehead atoms. The summed E-state index contributed by atoms with van der Waals surface area (Å²) < 4.78 is 0. The Hall–Kier alpha value is -0.570. The predicted molar refractivity (Wildman–Crippen MR) is 48.9 cm³/mol. The number of rotatable bonds is 1. The fraction of sp³-hybridized carbons (Fsp3) is 0.889. The summed E-state index contributed by atoms with van der Waals surface area (Å²) in [6, 6.07) is 0.0255. The number of nitrogens with one attached hydrogen (secondary N) is 1. The number of nitrogens with zero attached hydrogens (tertiary/aromatic N) is 1. The Bertz CT molecular complexity index is 170. The van der Waals surface area contributed by atoms with E-state index in [-0.39, 0.29) is 11.9 Å². The van der Waals surface area contributed by atoms with Crippen LogP contribution in [0.15, 0.2) is 0 Å². The van der Waals surface area contributed by atoms with E-state index in [1.54, 1.807) is 0 Å². The number of carbonyl (C=O) groups is 1. The van der Waals surface area contributed by atoms with Gasteiger partial charge in [0.1, 0.15) is 0 Å². The van der Waals surface area contributed by atoms with Crippen molar-refractivity contribution in [2.24, 2.45) is 5.92 Å². The molecule has 1 aliphatic heterocycles. The van der Waals surface area contributed by atoms with Crippen LogP contribution in [0, 0.1) is 5.92 Å². The van der Waals surface area contributed by atoms with Crippen LogP contribution in [0.25, 0.3) is 0 Å². The molecule has 3 nitrogen and oxygen atoms in total. The summed E-state index contributed by atoms with van der Waals surface area (Å²) in [5, 5.41) is 3.08. The van der Waals surface area contributed by atoms with Crippen molar-refractivity contribution in [3.8, 4) is 0 Å². The maximum Gasteiger partial charge on any atom is 0.239 e. The van der Waals surface area contributed by atoms with E-state index in [0.29, 0.717) is 5.92 Å². The highest BCUT2D eigenvalue weighted by Gasteiger charge is 2.28. The first kappa shape index (κ1) is 9.52. The SMILES string of the molecule is CNC1C(=O)N(C)CCCC1C. The fourth-order valence-electron chi connectivity index (χ4n) is 1.82. The summed E-state index contributed by atoms with van der Waals surface area (Å²) >= 11 is 0. The zero-order valence-electron chi connectivity index (χ0n) is 8.13. The topological polar surface area (TPSA) is 32.3 Å². The highest BCUT2D eigenvalue weighted by atomic mass is 16.2. The smallest absolute Gasteiger partial charge is 0.239 e. The Morgan fingerprint density at radius 1 is 1.58 bits per heavy atom. The standard InChI is InChI=1S/C9H18N2O/c1-7-5-4-6-11(3)9(12)8(7)10-2/h7-8,10H,4-6H2,1-3H3. The quantitative estimate of drug-likeness (QED) is 0.620. The molecule has 1 heterocycles. The second-order valence-corrected chi connectivity index (χ2v) is 3.65. The Balaban J connectivity index is 2.70. The van der Waals surface area contributed by atoms with E-state index in [1.165, 1.54) is 0 Å². The summed E-state index contributed by atoms with van der Waals surface area (Å²) in [7, 11) is 3.74. The van der Waals surface area contributed by atoms with Gasteiger partial charge in [-0.2, -0.15) is 0 Å². The lowest BCUT2D eigenvalue weighted by Crippen LogP contribution is -2.45. The van der Waals surface area contributed by atoms with Crippen molar-refractivity contribution in [2.75, 3.05) is 20.6 Å². The van der Waals surface area contributed by atoms with Crippen LogP contribution >= 0.6 is 0 Å². The summed E-state index contributed by atoms with van der Waals surface area (Å²) in [6.45, 7) is 3.04. The fourth-order valence-corrected chi connectivity index (χ4v) is 1.82. The first-order valence-corrected chi connectivity index (χ1v) is 4.59. The average Bonchev–Trinajstić information content (AvgIpc) is 2.14. The predicted octanol–water partition coefficient (Wildman–Crippen LogP) is 0.463. The molecule has 0 aromatic rings. The van der Waals surface area contributed by atoms with Gasteiger partial charge in [-0.15, -0.1) is 0 Å². The summed E-state index contributed by atoms with van der Waals surface area (Å²) in [5.74, 6) is 0.704.